The van der Waals surface area contributed by atoms with Gasteiger partial charge in [0.1, 0.15) is 18.0 Å². The number of halogens is 6. The van der Waals surface area contributed by atoms with E-state index in [1.165, 1.54) is 12.1 Å². The van der Waals surface area contributed by atoms with Crippen molar-refractivity contribution in [3.8, 4) is 5.75 Å². The molecule has 1 heterocycles. The van der Waals surface area contributed by atoms with Gasteiger partial charge >= 0.3 is 24.3 Å². The molecule has 2 aliphatic carbocycles. The highest BCUT2D eigenvalue weighted by molar-refractivity contribution is 14.1. The Morgan fingerprint density at radius 1 is 1.12 bits per heavy atom. The highest BCUT2D eigenvalue weighted by Crippen LogP contribution is 2.59. The molecule has 2 saturated carbocycles. The van der Waals surface area contributed by atoms with E-state index in [0.717, 1.165) is 3.57 Å². The van der Waals surface area contributed by atoms with Crippen LogP contribution in [0.3, 0.4) is 0 Å². The van der Waals surface area contributed by atoms with Gasteiger partial charge in [-0.05, 0) is 53.3 Å². The Bertz CT molecular complexity index is 947. The number of hydrogen-bond donors (Lipinski definition) is 0. The van der Waals surface area contributed by atoms with Gasteiger partial charge in [0.05, 0.1) is 11.8 Å². The van der Waals surface area contributed by atoms with E-state index in [2.05, 4.69) is 4.74 Å². The first-order valence-electron chi connectivity index (χ1n) is 9.77. The van der Waals surface area contributed by atoms with Crippen molar-refractivity contribution in [2.45, 2.75) is 43.8 Å². The molecule has 0 spiro atoms. The van der Waals surface area contributed by atoms with E-state index in [-0.39, 0.29) is 19.1 Å². The molecule has 1 aromatic carbocycles. The largest absolute Gasteiger partial charge is 0.514 e. The van der Waals surface area contributed by atoms with Crippen LogP contribution in [0.5, 0.6) is 5.75 Å². The predicted molar refractivity (Wildman–Crippen MR) is 105 cm³/mol. The van der Waals surface area contributed by atoms with Crippen molar-refractivity contribution in [3.63, 3.8) is 0 Å². The fraction of sp³-hybridized carbons (Fsp3) is 0.550. The average Bonchev–Trinajstić information content (AvgIpc) is 3.29. The fourth-order valence-electron chi connectivity index (χ4n) is 4.86. The van der Waals surface area contributed by atoms with Gasteiger partial charge in [-0.2, -0.15) is 13.2 Å². The van der Waals surface area contributed by atoms with E-state index >= 15 is 0 Å². The first kappa shape index (κ1) is 24.0. The Labute approximate surface area is 197 Å². The van der Waals surface area contributed by atoms with Crippen molar-refractivity contribution < 1.29 is 55.3 Å². The topological polar surface area (TPSA) is 88.1 Å². The van der Waals surface area contributed by atoms with Gasteiger partial charge in [-0.1, -0.05) is 0 Å². The van der Waals surface area contributed by atoms with Crippen LogP contribution >= 0.6 is 22.6 Å². The first-order valence-corrected chi connectivity index (χ1v) is 10.8. The van der Waals surface area contributed by atoms with Crippen molar-refractivity contribution >= 4 is 40.7 Å². The van der Waals surface area contributed by atoms with Crippen molar-refractivity contribution in [3.05, 3.63) is 27.8 Å². The second-order valence-corrected chi connectivity index (χ2v) is 9.47. The number of ether oxygens (including phenoxy) is 4. The SMILES string of the molecule is CC(F)(F)C(OC(=O)C1C2CC3C(OC(=O)C31)C2OC(=O)Oc1ccc(I)cc1)C(F)(F)F. The number of carbonyl (C=O) groups excluding carboxylic acids is 3. The van der Waals surface area contributed by atoms with Crippen LogP contribution in [0.2, 0.25) is 0 Å². The summed E-state index contributed by atoms with van der Waals surface area (Å²) in [6.07, 6.45) is -12.4. The molecule has 0 N–H and O–H groups in total. The molecule has 7 unspecified atom stereocenters. The summed E-state index contributed by atoms with van der Waals surface area (Å²) in [6, 6.07) is 6.32. The molecule has 7 nitrogen and oxygen atoms in total. The zero-order valence-electron chi connectivity index (χ0n) is 16.7. The Kier molecular flexibility index (Phi) is 5.98. The second kappa shape index (κ2) is 8.24. The first-order chi connectivity index (χ1) is 15.3. The van der Waals surface area contributed by atoms with Crippen LogP contribution in [0.4, 0.5) is 26.7 Å². The molecule has 3 fully saturated rings. The van der Waals surface area contributed by atoms with Crippen LogP contribution in [0.1, 0.15) is 13.3 Å². The maximum absolute atomic E-state index is 13.5. The zero-order valence-corrected chi connectivity index (χ0v) is 18.8. The van der Waals surface area contributed by atoms with Gasteiger partial charge < -0.3 is 18.9 Å². The Hall–Kier alpha value is -2.19. The van der Waals surface area contributed by atoms with E-state index in [4.69, 9.17) is 14.2 Å². The Balaban J connectivity index is 1.51. The molecule has 180 valence electrons. The summed E-state index contributed by atoms with van der Waals surface area (Å²) < 4.78 is 86.7. The number of hydrogen-bond acceptors (Lipinski definition) is 7. The predicted octanol–water partition coefficient (Wildman–Crippen LogP) is 4.11. The van der Waals surface area contributed by atoms with Crippen LogP contribution in [0.15, 0.2) is 24.3 Å². The van der Waals surface area contributed by atoms with Crippen molar-refractivity contribution in [1.29, 1.82) is 0 Å². The lowest BCUT2D eigenvalue weighted by Gasteiger charge is -2.32. The Morgan fingerprint density at radius 3 is 2.33 bits per heavy atom. The van der Waals surface area contributed by atoms with Gasteiger partial charge in [0.25, 0.3) is 12.0 Å². The number of carbonyl (C=O) groups is 3. The van der Waals surface area contributed by atoms with Crippen LogP contribution in [0.25, 0.3) is 0 Å². The number of esters is 2. The van der Waals surface area contributed by atoms with Gasteiger partial charge in [-0.15, -0.1) is 0 Å². The van der Waals surface area contributed by atoms with Crippen molar-refractivity contribution in [1.82, 2.24) is 0 Å². The molecule has 7 atom stereocenters. The molecule has 0 radical (unpaired) electrons. The molecule has 1 saturated heterocycles. The zero-order chi connectivity index (χ0) is 24.3. The minimum absolute atomic E-state index is 0.0222. The van der Waals surface area contributed by atoms with Gasteiger partial charge in [-0.3, -0.25) is 9.59 Å². The number of benzene rings is 1. The summed E-state index contributed by atoms with van der Waals surface area (Å²) in [6.45, 7) is -0.0222. The molecule has 13 heteroatoms. The maximum atomic E-state index is 13.5. The Morgan fingerprint density at radius 2 is 1.76 bits per heavy atom. The van der Waals surface area contributed by atoms with Crippen molar-refractivity contribution in [2.24, 2.45) is 23.7 Å². The standard InChI is InChI=1S/C20H16F5IO7/c1-19(21,22)17(20(23,24)25)33-16(28)12-10-6-9-11(12)15(27)31-13(9)14(10)32-18(29)30-8-4-2-7(26)3-5-8/h2-5,9-14,17H,6H2,1H3. The summed E-state index contributed by atoms with van der Waals surface area (Å²) in [5, 5.41) is 0. The number of alkyl halides is 5. The molecule has 3 aliphatic rings. The molecule has 4 rings (SSSR count). The second-order valence-electron chi connectivity index (χ2n) is 8.22. The summed E-state index contributed by atoms with van der Waals surface area (Å²) in [7, 11) is 0. The summed E-state index contributed by atoms with van der Waals surface area (Å²) in [5.41, 5.74) is 0. The number of rotatable bonds is 5. The molecule has 1 aliphatic heterocycles. The molecular formula is C20H16F5IO7. The molecule has 33 heavy (non-hydrogen) atoms. The quantitative estimate of drug-likeness (QED) is 0.168. The minimum atomic E-state index is -5.53. The van der Waals surface area contributed by atoms with E-state index < -0.39 is 72.2 Å². The summed E-state index contributed by atoms with van der Waals surface area (Å²) in [5.74, 6) is -11.0. The lowest BCUT2D eigenvalue weighted by molar-refractivity contribution is -0.275. The molecular weight excluding hydrogens is 574 g/mol. The van der Waals surface area contributed by atoms with Crippen LogP contribution in [0, 0.1) is 27.2 Å². The normalized spacial score (nSPS) is 31.2. The smallest absolute Gasteiger partial charge is 0.458 e. The maximum Gasteiger partial charge on any atom is 0.514 e. The number of fused-ring (bicyclic) bond motifs is 1. The van der Waals surface area contributed by atoms with Gasteiger partial charge in [0.2, 0.25) is 0 Å². The highest BCUT2D eigenvalue weighted by atomic mass is 127. The summed E-state index contributed by atoms with van der Waals surface area (Å²) in [4.78, 5) is 37.1. The lowest BCUT2D eigenvalue weighted by atomic mass is 9.78. The van der Waals surface area contributed by atoms with Crippen molar-refractivity contribution in [2.75, 3.05) is 0 Å². The van der Waals surface area contributed by atoms with E-state index in [0.29, 0.717) is 0 Å². The summed E-state index contributed by atoms with van der Waals surface area (Å²) >= 11 is 2.04. The third kappa shape index (κ3) is 4.47. The van der Waals surface area contributed by atoms with Crippen LogP contribution in [-0.4, -0.2) is 48.5 Å². The van der Waals surface area contributed by atoms with Gasteiger partial charge in [0, 0.05) is 22.3 Å². The molecule has 2 bridgehead atoms. The molecule has 0 amide bonds. The lowest BCUT2D eigenvalue weighted by Crippen LogP contribution is -2.50. The molecule has 0 aromatic heterocycles. The third-order valence-corrected chi connectivity index (χ3v) is 6.78. The van der Waals surface area contributed by atoms with E-state index in [1.54, 1.807) is 12.1 Å². The van der Waals surface area contributed by atoms with E-state index in [9.17, 15) is 36.3 Å². The van der Waals surface area contributed by atoms with Gasteiger partial charge in [-0.25, -0.2) is 13.6 Å². The fourth-order valence-corrected chi connectivity index (χ4v) is 5.21. The van der Waals surface area contributed by atoms with Crippen LogP contribution < -0.4 is 4.74 Å². The van der Waals surface area contributed by atoms with Crippen LogP contribution in [-0.2, 0) is 23.8 Å². The monoisotopic (exact) mass is 590 g/mol. The minimum Gasteiger partial charge on any atom is -0.458 e. The van der Waals surface area contributed by atoms with Gasteiger partial charge in [0.15, 0.2) is 0 Å². The highest BCUT2D eigenvalue weighted by Gasteiger charge is 2.71. The third-order valence-electron chi connectivity index (χ3n) is 6.06. The van der Waals surface area contributed by atoms with E-state index in [1.807, 2.05) is 22.6 Å². The average molecular weight is 590 g/mol. The molecule has 1 aromatic rings.